The number of amides is 1. The van der Waals surface area contributed by atoms with Crippen LogP contribution in [0.3, 0.4) is 0 Å². The summed E-state index contributed by atoms with van der Waals surface area (Å²) in [5.41, 5.74) is -0.623. The third-order valence-electron chi connectivity index (χ3n) is 1.58. The van der Waals surface area contributed by atoms with E-state index in [-0.39, 0.29) is 6.54 Å². The van der Waals surface area contributed by atoms with Crippen molar-refractivity contribution in [3.05, 3.63) is 12.7 Å². The summed E-state index contributed by atoms with van der Waals surface area (Å²) in [5.74, 6) is -1.06. The summed E-state index contributed by atoms with van der Waals surface area (Å²) in [6.45, 7) is 8.66. The van der Waals surface area contributed by atoms with Crippen molar-refractivity contribution in [2.45, 2.75) is 32.8 Å². The standard InChI is InChI=1S/C11H19NO4/c1-5-6-7-12(8-9(13)14)10(15)16-11(2,3)4/h5H,1,6-8H2,2-4H3,(H,13,14). The summed E-state index contributed by atoms with van der Waals surface area (Å²) < 4.78 is 5.09. The molecule has 0 aromatic rings. The summed E-state index contributed by atoms with van der Waals surface area (Å²) >= 11 is 0. The fourth-order valence-corrected chi connectivity index (χ4v) is 0.972. The molecule has 1 amide bonds. The Hall–Kier alpha value is -1.52. The summed E-state index contributed by atoms with van der Waals surface area (Å²) in [6, 6.07) is 0. The zero-order valence-electron chi connectivity index (χ0n) is 10.0. The van der Waals surface area contributed by atoms with E-state index in [1.807, 2.05) is 0 Å². The second-order valence-electron chi connectivity index (χ2n) is 4.37. The third-order valence-corrected chi connectivity index (χ3v) is 1.58. The van der Waals surface area contributed by atoms with Gasteiger partial charge in [0.2, 0.25) is 0 Å². The van der Waals surface area contributed by atoms with Crippen molar-refractivity contribution >= 4 is 12.1 Å². The molecular formula is C11H19NO4. The van der Waals surface area contributed by atoms with Gasteiger partial charge in [-0.25, -0.2) is 4.79 Å². The van der Waals surface area contributed by atoms with Gasteiger partial charge < -0.3 is 9.84 Å². The van der Waals surface area contributed by atoms with E-state index in [9.17, 15) is 9.59 Å². The molecule has 0 rings (SSSR count). The Morgan fingerprint density at radius 1 is 1.44 bits per heavy atom. The van der Waals surface area contributed by atoms with Gasteiger partial charge in [0.25, 0.3) is 0 Å². The Balaban J connectivity index is 4.42. The van der Waals surface area contributed by atoms with Gasteiger partial charge >= 0.3 is 12.1 Å². The number of nitrogens with zero attached hydrogens (tertiary/aromatic N) is 1. The molecule has 0 aliphatic heterocycles. The minimum absolute atomic E-state index is 0.296. The van der Waals surface area contributed by atoms with Gasteiger partial charge in [0.15, 0.2) is 0 Å². The number of carboxylic acids is 1. The predicted octanol–water partition coefficient (Wildman–Crippen LogP) is 1.88. The van der Waals surface area contributed by atoms with E-state index in [0.29, 0.717) is 13.0 Å². The van der Waals surface area contributed by atoms with Crippen LogP contribution in [0.4, 0.5) is 4.79 Å². The highest BCUT2D eigenvalue weighted by Crippen LogP contribution is 2.10. The molecule has 0 atom stereocenters. The van der Waals surface area contributed by atoms with Crippen LogP contribution in [0.2, 0.25) is 0 Å². The molecule has 5 nitrogen and oxygen atoms in total. The van der Waals surface area contributed by atoms with Crippen molar-refractivity contribution in [1.82, 2.24) is 4.90 Å². The van der Waals surface area contributed by atoms with E-state index in [1.54, 1.807) is 26.8 Å². The third kappa shape index (κ3) is 6.86. The van der Waals surface area contributed by atoms with Gasteiger partial charge in [-0.2, -0.15) is 0 Å². The van der Waals surface area contributed by atoms with E-state index >= 15 is 0 Å². The molecule has 0 saturated heterocycles. The summed E-state index contributed by atoms with van der Waals surface area (Å²) in [5, 5.41) is 8.66. The normalized spacial score (nSPS) is 10.7. The molecule has 0 aromatic carbocycles. The molecule has 0 saturated carbocycles. The number of aliphatic carboxylic acids is 1. The van der Waals surface area contributed by atoms with Crippen LogP contribution in [0.5, 0.6) is 0 Å². The highest BCUT2D eigenvalue weighted by molar-refractivity contribution is 5.76. The maximum absolute atomic E-state index is 11.6. The lowest BCUT2D eigenvalue weighted by Gasteiger charge is -2.26. The van der Waals surface area contributed by atoms with Crippen LogP contribution in [0, 0.1) is 0 Å². The topological polar surface area (TPSA) is 66.8 Å². The van der Waals surface area contributed by atoms with Crippen molar-refractivity contribution < 1.29 is 19.4 Å². The van der Waals surface area contributed by atoms with Crippen LogP contribution in [0.25, 0.3) is 0 Å². The van der Waals surface area contributed by atoms with E-state index in [4.69, 9.17) is 9.84 Å². The van der Waals surface area contributed by atoms with Crippen LogP contribution in [0.1, 0.15) is 27.2 Å². The van der Waals surface area contributed by atoms with E-state index in [2.05, 4.69) is 6.58 Å². The molecule has 5 heteroatoms. The minimum atomic E-state index is -1.06. The number of carbonyl (C=O) groups excluding carboxylic acids is 1. The minimum Gasteiger partial charge on any atom is -0.480 e. The van der Waals surface area contributed by atoms with E-state index < -0.39 is 17.7 Å². The van der Waals surface area contributed by atoms with Gasteiger partial charge in [-0.1, -0.05) is 6.08 Å². The highest BCUT2D eigenvalue weighted by Gasteiger charge is 2.23. The second kappa shape index (κ2) is 6.15. The lowest BCUT2D eigenvalue weighted by Crippen LogP contribution is -2.40. The molecule has 0 aliphatic carbocycles. The van der Waals surface area contributed by atoms with Gasteiger partial charge in [-0.05, 0) is 27.2 Å². The first-order chi connectivity index (χ1) is 7.26. The summed E-state index contributed by atoms with van der Waals surface area (Å²) in [6.07, 6.45) is 1.54. The predicted molar refractivity (Wildman–Crippen MR) is 60.3 cm³/mol. The Labute approximate surface area is 95.7 Å². The first-order valence-corrected chi connectivity index (χ1v) is 5.07. The zero-order valence-corrected chi connectivity index (χ0v) is 10.0. The van der Waals surface area contributed by atoms with Crippen molar-refractivity contribution in [3.63, 3.8) is 0 Å². The van der Waals surface area contributed by atoms with Crippen LogP contribution in [-0.4, -0.2) is 40.8 Å². The lowest BCUT2D eigenvalue weighted by atomic mass is 10.2. The average molecular weight is 229 g/mol. The summed E-state index contributed by atoms with van der Waals surface area (Å²) in [4.78, 5) is 23.3. The smallest absolute Gasteiger partial charge is 0.410 e. The number of hydrogen-bond donors (Lipinski definition) is 1. The zero-order chi connectivity index (χ0) is 12.8. The number of ether oxygens (including phenoxy) is 1. The molecule has 92 valence electrons. The Kier molecular flexibility index (Phi) is 5.56. The van der Waals surface area contributed by atoms with E-state index in [1.165, 1.54) is 0 Å². The molecule has 16 heavy (non-hydrogen) atoms. The van der Waals surface area contributed by atoms with E-state index in [0.717, 1.165) is 4.90 Å². The van der Waals surface area contributed by atoms with Gasteiger partial charge in [0.1, 0.15) is 12.1 Å². The molecule has 0 radical (unpaired) electrons. The highest BCUT2D eigenvalue weighted by atomic mass is 16.6. The molecular weight excluding hydrogens is 210 g/mol. The van der Waals surface area contributed by atoms with Crippen molar-refractivity contribution in [3.8, 4) is 0 Å². The van der Waals surface area contributed by atoms with Gasteiger partial charge in [0, 0.05) is 6.54 Å². The second-order valence-corrected chi connectivity index (χ2v) is 4.37. The summed E-state index contributed by atoms with van der Waals surface area (Å²) in [7, 11) is 0. The molecule has 0 heterocycles. The SMILES string of the molecule is C=CCCN(CC(=O)O)C(=O)OC(C)(C)C. The molecule has 0 fully saturated rings. The first kappa shape index (κ1) is 14.5. The molecule has 0 unspecified atom stereocenters. The lowest BCUT2D eigenvalue weighted by molar-refractivity contribution is -0.138. The van der Waals surface area contributed by atoms with Crippen LogP contribution in [-0.2, 0) is 9.53 Å². The monoisotopic (exact) mass is 229 g/mol. The molecule has 0 aromatic heterocycles. The molecule has 0 spiro atoms. The largest absolute Gasteiger partial charge is 0.480 e. The molecule has 1 N–H and O–H groups in total. The molecule has 0 aliphatic rings. The molecule has 0 bridgehead atoms. The Morgan fingerprint density at radius 2 is 2.00 bits per heavy atom. The van der Waals surface area contributed by atoms with Crippen molar-refractivity contribution in [2.75, 3.05) is 13.1 Å². The quantitative estimate of drug-likeness (QED) is 0.731. The maximum atomic E-state index is 11.6. The number of hydrogen-bond acceptors (Lipinski definition) is 3. The number of rotatable bonds is 5. The van der Waals surface area contributed by atoms with Crippen molar-refractivity contribution in [2.24, 2.45) is 0 Å². The Bertz CT molecular complexity index is 268. The first-order valence-electron chi connectivity index (χ1n) is 5.07. The van der Waals surface area contributed by atoms with Crippen LogP contribution in [0.15, 0.2) is 12.7 Å². The Morgan fingerprint density at radius 3 is 2.38 bits per heavy atom. The maximum Gasteiger partial charge on any atom is 0.410 e. The van der Waals surface area contributed by atoms with Crippen LogP contribution < -0.4 is 0 Å². The fraction of sp³-hybridized carbons (Fsp3) is 0.636. The van der Waals surface area contributed by atoms with Gasteiger partial charge in [-0.3, -0.25) is 9.69 Å². The fourth-order valence-electron chi connectivity index (χ4n) is 0.972. The van der Waals surface area contributed by atoms with Gasteiger partial charge in [-0.15, -0.1) is 6.58 Å². The average Bonchev–Trinajstić information content (AvgIpc) is 2.08. The van der Waals surface area contributed by atoms with Crippen LogP contribution >= 0.6 is 0 Å². The van der Waals surface area contributed by atoms with Crippen molar-refractivity contribution in [1.29, 1.82) is 0 Å². The number of carboxylic acid groups (broad SMARTS) is 1. The van der Waals surface area contributed by atoms with Gasteiger partial charge in [0.05, 0.1) is 0 Å². The number of carbonyl (C=O) groups is 2.